The lowest BCUT2D eigenvalue weighted by Gasteiger charge is -2.20. The van der Waals surface area contributed by atoms with Crippen LogP contribution in [0.5, 0.6) is 0 Å². The Labute approximate surface area is 128 Å². The summed E-state index contributed by atoms with van der Waals surface area (Å²) in [6, 6.07) is 14.9. The quantitative estimate of drug-likeness (QED) is 0.703. The molecular formula is C17H16ClNS. The van der Waals surface area contributed by atoms with Gasteiger partial charge in [-0.15, -0.1) is 11.3 Å². The van der Waals surface area contributed by atoms with E-state index in [2.05, 4.69) is 47.1 Å². The van der Waals surface area contributed by atoms with Crippen molar-refractivity contribution in [2.24, 2.45) is 0 Å². The Morgan fingerprint density at radius 3 is 2.60 bits per heavy atom. The number of nitrogens with one attached hydrogen (secondary N) is 1. The zero-order chi connectivity index (χ0) is 14.1. The van der Waals surface area contributed by atoms with Crippen molar-refractivity contribution in [3.63, 3.8) is 0 Å². The molecule has 0 aliphatic heterocycles. The highest BCUT2D eigenvalue weighted by atomic mass is 35.5. The van der Waals surface area contributed by atoms with Crippen molar-refractivity contribution in [2.45, 2.75) is 13.0 Å². The van der Waals surface area contributed by atoms with Gasteiger partial charge in [-0.05, 0) is 47.5 Å². The summed E-state index contributed by atoms with van der Waals surface area (Å²) in [7, 11) is 1.98. The number of fused-ring (bicyclic) bond motifs is 1. The predicted molar refractivity (Wildman–Crippen MR) is 88.9 cm³/mol. The molecule has 2 aromatic carbocycles. The van der Waals surface area contributed by atoms with Gasteiger partial charge in [0.25, 0.3) is 0 Å². The van der Waals surface area contributed by atoms with E-state index in [0.29, 0.717) is 0 Å². The van der Waals surface area contributed by atoms with Crippen molar-refractivity contribution in [1.82, 2.24) is 5.32 Å². The minimum absolute atomic E-state index is 0.116. The van der Waals surface area contributed by atoms with Gasteiger partial charge < -0.3 is 5.32 Å². The maximum absolute atomic E-state index is 6.51. The number of benzene rings is 2. The van der Waals surface area contributed by atoms with Gasteiger partial charge in [0.2, 0.25) is 0 Å². The van der Waals surface area contributed by atoms with Gasteiger partial charge in [-0.3, -0.25) is 0 Å². The molecule has 0 radical (unpaired) electrons. The van der Waals surface area contributed by atoms with E-state index in [1.807, 2.05) is 20.0 Å². The first kappa shape index (κ1) is 13.6. The van der Waals surface area contributed by atoms with Crippen LogP contribution in [0.2, 0.25) is 5.02 Å². The highest BCUT2D eigenvalue weighted by Gasteiger charge is 2.18. The third kappa shape index (κ3) is 2.24. The lowest BCUT2D eigenvalue weighted by molar-refractivity contribution is 0.697. The highest BCUT2D eigenvalue weighted by molar-refractivity contribution is 7.17. The summed E-state index contributed by atoms with van der Waals surface area (Å²) in [5.41, 5.74) is 3.53. The zero-order valence-electron chi connectivity index (χ0n) is 11.5. The van der Waals surface area contributed by atoms with Crippen molar-refractivity contribution < 1.29 is 0 Å². The number of hydrogen-bond acceptors (Lipinski definition) is 2. The normalized spacial score (nSPS) is 12.8. The first-order valence-electron chi connectivity index (χ1n) is 6.60. The smallest absolute Gasteiger partial charge is 0.0603 e. The van der Waals surface area contributed by atoms with Gasteiger partial charge in [0.1, 0.15) is 0 Å². The van der Waals surface area contributed by atoms with E-state index in [4.69, 9.17) is 11.6 Å². The van der Waals surface area contributed by atoms with Gasteiger partial charge in [0, 0.05) is 9.72 Å². The summed E-state index contributed by atoms with van der Waals surface area (Å²) in [6.45, 7) is 2.05. The third-order valence-electron chi connectivity index (χ3n) is 3.64. The largest absolute Gasteiger partial charge is 0.309 e. The third-order valence-corrected chi connectivity index (χ3v) is 5.14. The molecule has 1 heterocycles. The van der Waals surface area contributed by atoms with Crippen LogP contribution in [0.1, 0.15) is 22.7 Å². The maximum atomic E-state index is 6.51. The van der Waals surface area contributed by atoms with Gasteiger partial charge in [0.05, 0.1) is 6.04 Å². The van der Waals surface area contributed by atoms with Crippen LogP contribution >= 0.6 is 22.9 Å². The predicted octanol–water partition coefficient (Wildman–Crippen LogP) is 5.17. The van der Waals surface area contributed by atoms with Crippen molar-refractivity contribution in [3.05, 3.63) is 69.6 Å². The molecule has 1 nitrogen and oxygen atoms in total. The van der Waals surface area contributed by atoms with E-state index in [0.717, 1.165) is 16.1 Å². The second-order valence-electron chi connectivity index (χ2n) is 4.89. The van der Waals surface area contributed by atoms with Crippen LogP contribution in [0, 0.1) is 6.92 Å². The van der Waals surface area contributed by atoms with E-state index in [9.17, 15) is 0 Å². The van der Waals surface area contributed by atoms with Gasteiger partial charge in [-0.25, -0.2) is 0 Å². The number of rotatable bonds is 3. The van der Waals surface area contributed by atoms with Crippen molar-refractivity contribution in [3.8, 4) is 0 Å². The molecule has 1 unspecified atom stereocenters. The lowest BCUT2D eigenvalue weighted by Crippen LogP contribution is -2.18. The molecule has 1 atom stereocenters. The Hall–Kier alpha value is -1.35. The van der Waals surface area contributed by atoms with Crippen molar-refractivity contribution >= 4 is 33.0 Å². The maximum Gasteiger partial charge on any atom is 0.0603 e. The Morgan fingerprint density at radius 2 is 1.80 bits per heavy atom. The number of aryl methyl sites for hydroxylation is 1. The van der Waals surface area contributed by atoms with E-state index in [-0.39, 0.29) is 6.04 Å². The molecule has 0 aliphatic carbocycles. The first-order chi connectivity index (χ1) is 9.72. The monoisotopic (exact) mass is 301 g/mol. The first-order valence-corrected chi connectivity index (χ1v) is 7.86. The summed E-state index contributed by atoms with van der Waals surface area (Å²) in [6.07, 6.45) is 0. The fraction of sp³-hybridized carbons (Fsp3) is 0.176. The average Bonchev–Trinajstić information content (AvgIpc) is 2.93. The van der Waals surface area contributed by atoms with E-state index < -0.39 is 0 Å². The fourth-order valence-corrected chi connectivity index (χ4v) is 3.80. The molecule has 3 rings (SSSR count). The van der Waals surface area contributed by atoms with Gasteiger partial charge in [0.15, 0.2) is 0 Å². The van der Waals surface area contributed by atoms with Crippen LogP contribution in [0.15, 0.2) is 47.8 Å². The molecule has 0 aliphatic rings. The Kier molecular flexibility index (Phi) is 3.79. The fourth-order valence-electron chi connectivity index (χ4n) is 2.62. The Balaban J connectivity index is 2.19. The molecular weight excluding hydrogens is 286 g/mol. The standard InChI is InChI=1S/C17H16ClNS/c1-11-5-3-7-13(15(11)18)16(19-2)14-8-4-6-12-9-10-20-17(12)14/h3-10,16,19H,1-2H3. The molecule has 0 spiro atoms. The Morgan fingerprint density at radius 1 is 1.05 bits per heavy atom. The summed E-state index contributed by atoms with van der Waals surface area (Å²) in [5, 5.41) is 7.68. The van der Waals surface area contributed by atoms with Gasteiger partial charge >= 0.3 is 0 Å². The molecule has 0 saturated heterocycles. The molecule has 1 aromatic heterocycles. The summed E-state index contributed by atoms with van der Waals surface area (Å²) in [4.78, 5) is 0. The molecule has 3 heteroatoms. The number of thiophene rings is 1. The molecule has 102 valence electrons. The van der Waals surface area contributed by atoms with Crippen molar-refractivity contribution in [2.75, 3.05) is 7.05 Å². The topological polar surface area (TPSA) is 12.0 Å². The van der Waals surface area contributed by atoms with Crippen LogP contribution < -0.4 is 5.32 Å². The van der Waals surface area contributed by atoms with Crippen LogP contribution in [0.25, 0.3) is 10.1 Å². The van der Waals surface area contributed by atoms with E-state index in [1.165, 1.54) is 15.6 Å². The second-order valence-corrected chi connectivity index (χ2v) is 6.18. The van der Waals surface area contributed by atoms with Crippen LogP contribution in [-0.2, 0) is 0 Å². The van der Waals surface area contributed by atoms with Gasteiger partial charge in [-0.2, -0.15) is 0 Å². The summed E-state index contributed by atoms with van der Waals surface area (Å²) < 4.78 is 1.32. The SMILES string of the molecule is CNC(c1cccc(C)c1Cl)c1cccc2ccsc12. The number of halogens is 1. The van der Waals surface area contributed by atoms with Crippen LogP contribution in [0.3, 0.4) is 0 Å². The van der Waals surface area contributed by atoms with E-state index >= 15 is 0 Å². The molecule has 0 saturated carbocycles. The van der Waals surface area contributed by atoms with Crippen molar-refractivity contribution in [1.29, 1.82) is 0 Å². The van der Waals surface area contributed by atoms with Crippen LogP contribution in [0.4, 0.5) is 0 Å². The lowest BCUT2D eigenvalue weighted by atomic mass is 9.96. The summed E-state index contributed by atoms with van der Waals surface area (Å²) >= 11 is 8.28. The number of hydrogen-bond donors (Lipinski definition) is 1. The second kappa shape index (κ2) is 5.57. The van der Waals surface area contributed by atoms with E-state index in [1.54, 1.807) is 11.3 Å². The highest BCUT2D eigenvalue weighted by Crippen LogP contribution is 2.35. The molecule has 0 amide bonds. The molecule has 1 N–H and O–H groups in total. The molecule has 3 aromatic rings. The van der Waals surface area contributed by atoms with Crippen LogP contribution in [-0.4, -0.2) is 7.05 Å². The Bertz CT molecular complexity index is 748. The average molecular weight is 302 g/mol. The minimum atomic E-state index is 0.116. The molecule has 20 heavy (non-hydrogen) atoms. The zero-order valence-corrected chi connectivity index (χ0v) is 13.1. The van der Waals surface area contributed by atoms with Gasteiger partial charge in [-0.1, -0.05) is 48.0 Å². The minimum Gasteiger partial charge on any atom is -0.309 e. The summed E-state index contributed by atoms with van der Waals surface area (Å²) in [5.74, 6) is 0. The molecule has 0 bridgehead atoms. The molecule has 0 fully saturated rings.